The summed E-state index contributed by atoms with van der Waals surface area (Å²) < 4.78 is 36.9. The molecular formula is C9H9FO4S2. The predicted molar refractivity (Wildman–Crippen MR) is 59.9 cm³/mol. The molecule has 0 heterocycles. The average Bonchev–Trinajstić information content (AvgIpc) is 2.18. The molecule has 0 amide bonds. The van der Waals surface area contributed by atoms with Crippen molar-refractivity contribution in [1.82, 2.24) is 0 Å². The molecule has 0 spiro atoms. The van der Waals surface area contributed by atoms with Gasteiger partial charge in [-0.3, -0.25) is 4.79 Å². The number of hydrogen-bond donors (Lipinski definition) is 1. The Morgan fingerprint density at radius 1 is 1.50 bits per heavy atom. The Balaban J connectivity index is 3.27. The summed E-state index contributed by atoms with van der Waals surface area (Å²) in [5.41, 5.74) is 1.50. The molecule has 0 fully saturated rings. The Kier molecular flexibility index (Phi) is 3.93. The third-order valence-electron chi connectivity index (χ3n) is 2.02. The minimum absolute atomic E-state index is 0.237. The van der Waals surface area contributed by atoms with Crippen LogP contribution in [0.4, 0.5) is 3.89 Å². The lowest BCUT2D eigenvalue weighted by atomic mass is 10.0. The molecule has 0 bridgehead atoms. The summed E-state index contributed by atoms with van der Waals surface area (Å²) >= 11 is 4.01. The van der Waals surface area contributed by atoms with Gasteiger partial charge in [0.15, 0.2) is 0 Å². The quantitative estimate of drug-likeness (QED) is 0.512. The van der Waals surface area contributed by atoms with Gasteiger partial charge in [-0.25, -0.2) is 0 Å². The van der Waals surface area contributed by atoms with Gasteiger partial charge in [-0.05, 0) is 30.2 Å². The first-order valence-electron chi connectivity index (χ1n) is 4.21. The van der Waals surface area contributed by atoms with Gasteiger partial charge >= 0.3 is 10.5 Å². The lowest BCUT2D eigenvalue weighted by Gasteiger charge is -2.08. The summed E-state index contributed by atoms with van der Waals surface area (Å²) in [5.74, 6) is 0.0511. The summed E-state index contributed by atoms with van der Waals surface area (Å²) in [6.45, 7) is 1.68. The Bertz CT molecular complexity index is 510. The molecule has 0 aliphatic heterocycles. The van der Waals surface area contributed by atoms with Gasteiger partial charge in [0.1, 0.15) is 12.0 Å². The van der Waals surface area contributed by atoms with Gasteiger partial charge in [-0.1, -0.05) is 3.89 Å². The van der Waals surface area contributed by atoms with E-state index in [2.05, 4.69) is 16.8 Å². The second kappa shape index (κ2) is 4.84. The summed E-state index contributed by atoms with van der Waals surface area (Å²) in [6, 6.07) is 2.48. The maximum absolute atomic E-state index is 12.3. The topological polar surface area (TPSA) is 60.4 Å². The van der Waals surface area contributed by atoms with Gasteiger partial charge in [0.25, 0.3) is 0 Å². The number of halogens is 1. The fraction of sp³-hybridized carbons (Fsp3) is 0.222. The van der Waals surface area contributed by atoms with Gasteiger partial charge in [0.2, 0.25) is 0 Å². The van der Waals surface area contributed by atoms with E-state index in [9.17, 15) is 17.1 Å². The molecule has 4 nitrogen and oxygen atoms in total. The van der Waals surface area contributed by atoms with E-state index < -0.39 is 10.5 Å². The molecule has 88 valence electrons. The average molecular weight is 264 g/mol. The number of hydrogen-bond acceptors (Lipinski definition) is 5. The normalized spacial score (nSPS) is 11.2. The molecule has 0 radical (unpaired) electrons. The first kappa shape index (κ1) is 13.0. The van der Waals surface area contributed by atoms with Crippen LogP contribution in [0.25, 0.3) is 0 Å². The van der Waals surface area contributed by atoms with Crippen LogP contribution >= 0.6 is 12.6 Å². The van der Waals surface area contributed by atoms with E-state index in [1.165, 1.54) is 6.07 Å². The minimum Gasteiger partial charge on any atom is -0.358 e. The van der Waals surface area contributed by atoms with Gasteiger partial charge in [0.05, 0.1) is 0 Å². The SMILES string of the molecule is Cc1c(C=O)cc(OS(=O)(=O)F)cc1CS. The fourth-order valence-electron chi connectivity index (χ4n) is 1.22. The van der Waals surface area contributed by atoms with Gasteiger partial charge in [-0.15, -0.1) is 0 Å². The Labute approximate surface area is 98.3 Å². The first-order chi connectivity index (χ1) is 7.37. The van der Waals surface area contributed by atoms with E-state index in [1.54, 1.807) is 6.92 Å². The number of aldehydes is 1. The Hall–Kier alpha value is -1.08. The maximum atomic E-state index is 12.3. The van der Waals surface area contributed by atoms with Crippen LogP contribution in [-0.2, 0) is 16.3 Å². The minimum atomic E-state index is -5.08. The molecule has 0 aliphatic rings. The number of benzene rings is 1. The van der Waals surface area contributed by atoms with Crippen molar-refractivity contribution < 1.29 is 21.3 Å². The van der Waals surface area contributed by atoms with Crippen LogP contribution in [0, 0.1) is 6.92 Å². The van der Waals surface area contributed by atoms with Crippen molar-refractivity contribution in [3.63, 3.8) is 0 Å². The molecule has 1 rings (SSSR count). The van der Waals surface area contributed by atoms with Crippen LogP contribution < -0.4 is 4.18 Å². The molecule has 0 atom stereocenters. The van der Waals surface area contributed by atoms with E-state index in [1.807, 2.05) is 0 Å². The van der Waals surface area contributed by atoms with Crippen molar-refractivity contribution in [2.75, 3.05) is 0 Å². The van der Waals surface area contributed by atoms with E-state index in [0.29, 0.717) is 17.4 Å². The summed E-state index contributed by atoms with van der Waals surface area (Å²) in [7, 11) is -5.08. The molecule has 0 saturated carbocycles. The first-order valence-corrected chi connectivity index (χ1v) is 6.15. The largest absolute Gasteiger partial charge is 0.488 e. The number of carbonyl (C=O) groups excluding carboxylic acids is 1. The number of rotatable bonds is 4. The van der Waals surface area contributed by atoms with E-state index >= 15 is 0 Å². The van der Waals surface area contributed by atoms with Crippen LogP contribution in [0.2, 0.25) is 0 Å². The standard InChI is InChI=1S/C9H9FO4S2/c1-6-7(4-11)2-9(3-8(6)5-15)14-16(10,12)13/h2-4,15H,5H2,1H3. The lowest BCUT2D eigenvalue weighted by molar-refractivity contribution is 0.112. The van der Waals surface area contributed by atoms with Crippen LogP contribution in [0.15, 0.2) is 12.1 Å². The molecule has 16 heavy (non-hydrogen) atoms. The highest BCUT2D eigenvalue weighted by Crippen LogP contribution is 2.23. The Morgan fingerprint density at radius 3 is 2.56 bits per heavy atom. The zero-order valence-electron chi connectivity index (χ0n) is 8.31. The molecule has 0 aliphatic carbocycles. The van der Waals surface area contributed by atoms with Crippen molar-refractivity contribution in [3.05, 3.63) is 28.8 Å². The van der Waals surface area contributed by atoms with Gasteiger partial charge in [0, 0.05) is 11.3 Å². The van der Waals surface area contributed by atoms with Gasteiger partial charge in [-0.2, -0.15) is 21.0 Å². The van der Waals surface area contributed by atoms with Crippen LogP contribution in [-0.4, -0.2) is 14.7 Å². The van der Waals surface area contributed by atoms with E-state index in [-0.39, 0.29) is 17.1 Å². The van der Waals surface area contributed by atoms with Gasteiger partial charge < -0.3 is 4.18 Å². The smallest absolute Gasteiger partial charge is 0.358 e. The van der Waals surface area contributed by atoms with E-state index in [0.717, 1.165) is 6.07 Å². The third kappa shape index (κ3) is 3.21. The summed E-state index contributed by atoms with van der Waals surface area (Å²) in [4.78, 5) is 10.7. The monoisotopic (exact) mass is 264 g/mol. The molecule has 0 aromatic heterocycles. The maximum Gasteiger partial charge on any atom is 0.488 e. The predicted octanol–water partition coefficient (Wildman–Crippen LogP) is 1.83. The lowest BCUT2D eigenvalue weighted by Crippen LogP contribution is -2.03. The fourth-order valence-corrected chi connectivity index (χ4v) is 1.87. The van der Waals surface area contributed by atoms with E-state index in [4.69, 9.17) is 0 Å². The molecule has 1 aromatic carbocycles. The highest BCUT2D eigenvalue weighted by Gasteiger charge is 2.13. The van der Waals surface area contributed by atoms with Crippen LogP contribution in [0.1, 0.15) is 21.5 Å². The molecule has 0 saturated heterocycles. The highest BCUT2D eigenvalue weighted by molar-refractivity contribution is 7.81. The Morgan fingerprint density at radius 2 is 2.12 bits per heavy atom. The molecule has 0 N–H and O–H groups in total. The third-order valence-corrected chi connectivity index (χ3v) is 2.75. The second-order valence-electron chi connectivity index (χ2n) is 3.05. The van der Waals surface area contributed by atoms with Crippen LogP contribution in [0.5, 0.6) is 5.75 Å². The summed E-state index contributed by atoms with van der Waals surface area (Å²) in [5, 5.41) is 0. The van der Waals surface area contributed by atoms with Crippen molar-refractivity contribution in [2.24, 2.45) is 0 Å². The second-order valence-corrected chi connectivity index (χ2v) is 4.32. The highest BCUT2D eigenvalue weighted by atomic mass is 32.3. The number of thiol groups is 1. The van der Waals surface area contributed by atoms with Crippen molar-refractivity contribution in [1.29, 1.82) is 0 Å². The van der Waals surface area contributed by atoms with Crippen molar-refractivity contribution in [3.8, 4) is 5.75 Å². The molecule has 7 heteroatoms. The molecule has 1 aromatic rings. The zero-order valence-corrected chi connectivity index (χ0v) is 10.0. The molecular weight excluding hydrogens is 255 g/mol. The zero-order chi connectivity index (χ0) is 12.3. The van der Waals surface area contributed by atoms with Crippen molar-refractivity contribution in [2.45, 2.75) is 12.7 Å². The number of carbonyl (C=O) groups is 1. The van der Waals surface area contributed by atoms with Crippen molar-refractivity contribution >= 4 is 29.4 Å². The molecule has 0 unspecified atom stereocenters. The summed E-state index contributed by atoms with van der Waals surface area (Å²) in [6.07, 6.45) is 0.542. The van der Waals surface area contributed by atoms with Crippen LogP contribution in [0.3, 0.4) is 0 Å².